The van der Waals surface area contributed by atoms with Crippen molar-refractivity contribution in [1.29, 1.82) is 0 Å². The summed E-state index contributed by atoms with van der Waals surface area (Å²) in [5.74, 6) is -71.0. The molecule has 0 bridgehead atoms. The molecule has 4 nitrogen and oxygen atoms in total. The van der Waals surface area contributed by atoms with E-state index in [1.54, 1.807) is 35.3 Å². The second kappa shape index (κ2) is 18.1. The van der Waals surface area contributed by atoms with Crippen LogP contribution in [0.4, 0.5) is 87.8 Å². The van der Waals surface area contributed by atoms with Crippen LogP contribution in [0.5, 0.6) is 5.88 Å². The Balaban J connectivity index is 0.000000345. The zero-order valence-electron chi connectivity index (χ0n) is 29.8. The zero-order chi connectivity index (χ0) is 47.2. The molecule has 0 radical (unpaired) electrons. The number of carbonyl (C=O) groups excluding carboxylic acids is 1. The summed E-state index contributed by atoms with van der Waals surface area (Å²) in [6, 6.07) is 9.17. The summed E-state index contributed by atoms with van der Waals surface area (Å²) < 4.78 is 301. The number of hydrogen-bond acceptors (Lipinski definition) is 3. The van der Waals surface area contributed by atoms with Crippen LogP contribution in [-0.4, -0.2) is 23.0 Å². The molecule has 0 aliphatic rings. The normalized spacial score (nSPS) is 11.4. The third kappa shape index (κ3) is 7.86. The van der Waals surface area contributed by atoms with Gasteiger partial charge in [0.25, 0.3) is 5.88 Å². The molecule has 0 aliphatic heterocycles. The van der Waals surface area contributed by atoms with Gasteiger partial charge in [0, 0.05) is 5.56 Å². The Morgan fingerprint density at radius 1 is 0.476 bits per heavy atom. The quantitative estimate of drug-likeness (QED) is 0.0285. The highest BCUT2D eigenvalue weighted by Crippen LogP contribution is 2.30. The van der Waals surface area contributed by atoms with Gasteiger partial charge in [-0.15, -0.1) is 21.9 Å². The summed E-state index contributed by atoms with van der Waals surface area (Å²) in [6.45, 7) is 0.241. The fourth-order valence-corrected chi connectivity index (χ4v) is 6.51. The van der Waals surface area contributed by atoms with Crippen molar-refractivity contribution in [1.82, 2.24) is 4.98 Å². The Bertz CT molecular complexity index is 2440. The van der Waals surface area contributed by atoms with Crippen LogP contribution in [0.25, 0.3) is 0 Å². The van der Waals surface area contributed by atoms with Gasteiger partial charge in [0.2, 0.25) is 18.5 Å². The Hall–Kier alpha value is -6.40. The van der Waals surface area contributed by atoms with Crippen LogP contribution in [0.2, 0.25) is 0 Å². The number of alkyl halides is 1. The number of benzene rings is 5. The molecule has 0 saturated heterocycles. The summed E-state index contributed by atoms with van der Waals surface area (Å²) in [4.78, 5) is 15.9. The van der Waals surface area contributed by atoms with Gasteiger partial charge in [-0.25, -0.2) is 92.8 Å². The number of aromatic nitrogens is 2. The SMILES string of the molecule is Fc1c(F)c(F)c([B-](c2c(F)c(F)c(F)c(F)c2F)(c2c(F)c(F)c(F)c(F)c2F)c2c(F)c(F)c(F)c(F)c2F)c(F)c1F.O=C(C[n+]1ccnc(OCCl)c1)c1ccccc1. The van der Waals surface area contributed by atoms with Gasteiger partial charge in [-0.3, -0.25) is 4.79 Å². The minimum atomic E-state index is -7.22. The van der Waals surface area contributed by atoms with Crippen molar-refractivity contribution in [3.63, 3.8) is 0 Å². The van der Waals surface area contributed by atoms with Crippen LogP contribution in [-0.2, 0) is 6.54 Å². The molecule has 332 valence electrons. The molecule has 1 heterocycles. The van der Waals surface area contributed by atoms with E-state index in [2.05, 4.69) is 4.98 Å². The van der Waals surface area contributed by atoms with Gasteiger partial charge in [-0.05, 0) is 0 Å². The molecule has 26 heteroatoms. The van der Waals surface area contributed by atoms with Crippen molar-refractivity contribution in [2.75, 3.05) is 6.07 Å². The number of ether oxygens (including phenoxy) is 1. The van der Waals surface area contributed by atoms with Crippen molar-refractivity contribution in [3.05, 3.63) is 171 Å². The highest BCUT2D eigenvalue weighted by molar-refractivity contribution is 7.20. The van der Waals surface area contributed by atoms with Crippen LogP contribution in [0.15, 0.2) is 48.9 Å². The van der Waals surface area contributed by atoms with Crippen molar-refractivity contribution in [2.24, 2.45) is 0 Å². The highest BCUT2D eigenvalue weighted by atomic mass is 35.5. The molecule has 63 heavy (non-hydrogen) atoms. The first-order valence-corrected chi connectivity index (χ1v) is 16.9. The molecular formula is C37H12BClF20N2O2. The number of nitrogens with zero attached hydrogens (tertiary/aromatic N) is 2. The molecule has 5 aromatic carbocycles. The van der Waals surface area contributed by atoms with Gasteiger partial charge in [0.05, 0.1) is 6.20 Å². The predicted molar refractivity (Wildman–Crippen MR) is 176 cm³/mol. The second-order valence-corrected chi connectivity index (χ2v) is 12.6. The van der Waals surface area contributed by atoms with E-state index in [9.17, 15) is 57.5 Å². The van der Waals surface area contributed by atoms with E-state index >= 15 is 35.1 Å². The van der Waals surface area contributed by atoms with E-state index in [4.69, 9.17) is 16.3 Å². The molecule has 1 aromatic heterocycles. The average Bonchev–Trinajstić information content (AvgIpc) is 3.27. The number of rotatable bonds is 9. The number of halogens is 21. The van der Waals surface area contributed by atoms with Gasteiger partial charge in [0.1, 0.15) is 52.7 Å². The van der Waals surface area contributed by atoms with Crippen LogP contribution in [0, 0.1) is 116 Å². The Morgan fingerprint density at radius 3 is 1.05 bits per heavy atom. The van der Waals surface area contributed by atoms with Gasteiger partial charge in [-0.1, -0.05) is 41.9 Å². The predicted octanol–water partition coefficient (Wildman–Crippen LogP) is 7.67. The maximum absolute atomic E-state index is 15.4. The standard InChI is InChI=1S/C24BF20.C13H12ClN2O2/c26-5-1(6(27)14(35)21(42)13(5)34)25(2-7(28)15(36)22(43)16(37)8(2)29,3-9(30)17(38)23(44)18(39)10(3)31)4-11(32)19(40)24(45)20(41)12(4)33;14-10-18-13-9-16(7-6-15-13)8-12(17)11-4-2-1-3-5-11/h;1-7,9H,8,10H2/q-1;+1. The number of carbonyl (C=O) groups is 1. The summed E-state index contributed by atoms with van der Waals surface area (Å²) in [5, 5.41) is 0. The highest BCUT2D eigenvalue weighted by Gasteiger charge is 2.52. The minimum absolute atomic E-state index is 0.0311. The molecule has 0 atom stereocenters. The Kier molecular flexibility index (Phi) is 13.7. The van der Waals surface area contributed by atoms with Gasteiger partial charge < -0.3 is 4.74 Å². The second-order valence-electron chi connectivity index (χ2n) is 12.4. The number of Topliss-reactive ketones (excluding diaryl/α,β-unsaturated/α-hetero) is 1. The smallest absolute Gasteiger partial charge is 0.281 e. The molecule has 6 rings (SSSR count). The van der Waals surface area contributed by atoms with Crippen LogP contribution < -0.4 is 31.2 Å². The summed E-state index contributed by atoms with van der Waals surface area (Å²) in [6.07, 6.45) is -2.30. The lowest BCUT2D eigenvalue weighted by atomic mass is 9.12. The van der Waals surface area contributed by atoms with Crippen molar-refractivity contribution in [2.45, 2.75) is 6.54 Å². The molecule has 0 unspecified atom stereocenters. The van der Waals surface area contributed by atoms with Crippen LogP contribution >= 0.6 is 11.6 Å². The molecule has 0 N–H and O–H groups in total. The van der Waals surface area contributed by atoms with Gasteiger partial charge in [-0.2, -0.15) is 4.57 Å². The lowest BCUT2D eigenvalue weighted by molar-refractivity contribution is -0.684. The average molecular weight is 943 g/mol. The summed E-state index contributed by atoms with van der Waals surface area (Å²) >= 11 is 5.45. The lowest BCUT2D eigenvalue weighted by Gasteiger charge is -2.44. The largest absolute Gasteiger partial charge is 0.457 e. The maximum Gasteiger partial charge on any atom is 0.281 e. The van der Waals surface area contributed by atoms with Crippen LogP contribution in [0.1, 0.15) is 10.4 Å². The third-order valence-electron chi connectivity index (χ3n) is 9.07. The topological polar surface area (TPSA) is 43.1 Å². The third-order valence-corrected chi connectivity index (χ3v) is 9.18. The molecule has 0 saturated carbocycles. The monoisotopic (exact) mass is 942 g/mol. The van der Waals surface area contributed by atoms with E-state index in [0.29, 0.717) is 11.4 Å². The maximum atomic E-state index is 15.4. The first kappa shape index (κ1) is 47.7. The molecule has 0 spiro atoms. The summed E-state index contributed by atoms with van der Waals surface area (Å²) in [5.41, 5.74) is -13.6. The van der Waals surface area contributed by atoms with E-state index in [1.807, 2.05) is 18.2 Å². The van der Waals surface area contributed by atoms with E-state index in [0.717, 1.165) is 0 Å². The lowest BCUT2D eigenvalue weighted by Crippen LogP contribution is -2.81. The Morgan fingerprint density at radius 2 is 0.762 bits per heavy atom. The van der Waals surface area contributed by atoms with E-state index < -0.39 is 144 Å². The first-order valence-electron chi connectivity index (χ1n) is 16.3. The van der Waals surface area contributed by atoms with Gasteiger partial charge >= 0.3 is 0 Å². The fraction of sp³-hybridized carbons (Fsp3) is 0.0541. The zero-order valence-corrected chi connectivity index (χ0v) is 30.5. The first-order chi connectivity index (χ1) is 29.5. The number of hydrogen-bond donors (Lipinski definition) is 0. The van der Waals surface area contributed by atoms with Gasteiger partial charge in [0.15, 0.2) is 82.1 Å². The Labute approximate surface area is 341 Å². The molecule has 0 amide bonds. The fourth-order valence-electron chi connectivity index (χ4n) is 6.39. The molecule has 0 aliphatic carbocycles. The van der Waals surface area contributed by atoms with E-state index in [1.165, 1.54) is 0 Å². The molecule has 6 aromatic rings. The van der Waals surface area contributed by atoms with Crippen molar-refractivity contribution in [3.8, 4) is 5.88 Å². The molecule has 0 fully saturated rings. The van der Waals surface area contributed by atoms with Crippen molar-refractivity contribution < 1.29 is 102 Å². The van der Waals surface area contributed by atoms with E-state index in [-0.39, 0.29) is 18.4 Å². The molecular weight excluding hydrogens is 931 g/mol. The summed E-state index contributed by atoms with van der Waals surface area (Å²) in [7, 11) is 0. The number of ketones is 1. The minimum Gasteiger partial charge on any atom is -0.457 e. The van der Waals surface area contributed by atoms with Crippen LogP contribution in [0.3, 0.4) is 0 Å². The van der Waals surface area contributed by atoms with Crippen molar-refractivity contribution >= 4 is 45.4 Å².